The van der Waals surface area contributed by atoms with Crippen LogP contribution < -0.4 is 10.0 Å². The van der Waals surface area contributed by atoms with E-state index >= 15 is 0 Å². The zero-order valence-electron chi connectivity index (χ0n) is 11.2. The fraction of sp³-hybridized carbons (Fsp3) is 0.333. The van der Waals surface area contributed by atoms with Crippen LogP contribution in [-0.4, -0.2) is 37.8 Å². The molecular weight excluding hydrogens is 335 g/mol. The van der Waals surface area contributed by atoms with Crippen LogP contribution in [-0.2, 0) is 16.8 Å². The van der Waals surface area contributed by atoms with Crippen molar-refractivity contribution in [3.8, 4) is 0 Å². The molecule has 0 fully saturated rings. The number of aromatic amines is 1. The molecule has 6 nitrogen and oxygen atoms in total. The van der Waals surface area contributed by atoms with Crippen molar-refractivity contribution in [1.82, 2.24) is 14.6 Å². The quantitative estimate of drug-likeness (QED) is 0.795. The Kier molecular flexibility index (Phi) is 3.79. The molecule has 1 aliphatic rings. The molecule has 1 aromatic heterocycles. The lowest BCUT2D eigenvalue weighted by molar-refractivity contribution is 0.404. The summed E-state index contributed by atoms with van der Waals surface area (Å²) in [6.07, 6.45) is 1.60. The Morgan fingerprint density at radius 2 is 2.14 bits per heavy atom. The Balaban J connectivity index is 2.12. The average molecular weight is 349 g/mol. The van der Waals surface area contributed by atoms with Crippen molar-refractivity contribution in [2.24, 2.45) is 0 Å². The van der Waals surface area contributed by atoms with Gasteiger partial charge in [0.05, 0.1) is 21.2 Å². The van der Waals surface area contributed by atoms with Gasteiger partial charge in [-0.1, -0.05) is 23.2 Å². The minimum absolute atomic E-state index is 0.276. The standard InChI is InChI=1S/C12H14Cl2N4O2S/c1-15-2-3-18-6-7-4-8(13)10-9(14)5-16-12(10)11(7)17-21(18,19)20/h4-5,15-17H,2-3,6H2,1H3. The van der Waals surface area contributed by atoms with Gasteiger partial charge in [-0.25, -0.2) is 0 Å². The third kappa shape index (κ3) is 2.49. The van der Waals surface area contributed by atoms with Crippen molar-refractivity contribution in [2.45, 2.75) is 6.54 Å². The van der Waals surface area contributed by atoms with Crippen molar-refractivity contribution in [1.29, 1.82) is 0 Å². The summed E-state index contributed by atoms with van der Waals surface area (Å²) in [5, 5.41) is 4.54. The van der Waals surface area contributed by atoms with Crippen LogP contribution in [0.3, 0.4) is 0 Å². The van der Waals surface area contributed by atoms with Gasteiger partial charge in [0, 0.05) is 31.2 Å². The van der Waals surface area contributed by atoms with E-state index in [1.54, 1.807) is 19.3 Å². The van der Waals surface area contributed by atoms with E-state index in [0.29, 0.717) is 39.7 Å². The van der Waals surface area contributed by atoms with Crippen LogP contribution in [0.1, 0.15) is 5.56 Å². The Labute approximate surface area is 132 Å². The van der Waals surface area contributed by atoms with Crippen LogP contribution in [0, 0.1) is 0 Å². The molecule has 1 aromatic carbocycles. The van der Waals surface area contributed by atoms with Crippen molar-refractivity contribution < 1.29 is 8.42 Å². The maximum Gasteiger partial charge on any atom is 0.302 e. The van der Waals surface area contributed by atoms with Crippen molar-refractivity contribution in [3.05, 3.63) is 27.9 Å². The number of H-pyrrole nitrogens is 1. The number of nitrogens with zero attached hydrogens (tertiary/aromatic N) is 1. The molecule has 0 saturated heterocycles. The minimum Gasteiger partial charge on any atom is -0.358 e. The maximum absolute atomic E-state index is 12.3. The van der Waals surface area contributed by atoms with Gasteiger partial charge in [-0.3, -0.25) is 4.72 Å². The van der Waals surface area contributed by atoms with Gasteiger partial charge in [0.1, 0.15) is 0 Å². The summed E-state index contributed by atoms with van der Waals surface area (Å²) >= 11 is 12.3. The van der Waals surface area contributed by atoms with Crippen LogP contribution in [0.2, 0.25) is 10.0 Å². The van der Waals surface area contributed by atoms with Crippen LogP contribution in [0.5, 0.6) is 0 Å². The summed E-state index contributed by atoms with van der Waals surface area (Å²) in [6.45, 7) is 1.23. The molecule has 1 aliphatic heterocycles. The molecule has 0 amide bonds. The zero-order valence-corrected chi connectivity index (χ0v) is 13.5. The highest BCUT2D eigenvalue weighted by Gasteiger charge is 2.31. The largest absolute Gasteiger partial charge is 0.358 e. The molecule has 0 atom stereocenters. The van der Waals surface area contributed by atoms with Crippen molar-refractivity contribution >= 4 is 50.0 Å². The second-order valence-corrected chi connectivity index (χ2v) is 7.31. The Bertz CT molecular complexity index is 803. The number of likely N-dealkylation sites (N-methyl/N-ethyl adjacent to an activating group) is 1. The van der Waals surface area contributed by atoms with E-state index in [2.05, 4.69) is 15.0 Å². The molecule has 0 bridgehead atoms. The molecule has 2 aromatic rings. The normalized spacial score (nSPS) is 17.7. The second-order valence-electron chi connectivity index (χ2n) is 4.82. The highest BCUT2D eigenvalue weighted by atomic mass is 35.5. The number of benzene rings is 1. The van der Waals surface area contributed by atoms with Gasteiger partial charge in [-0.2, -0.15) is 12.7 Å². The maximum atomic E-state index is 12.3. The Morgan fingerprint density at radius 1 is 1.38 bits per heavy atom. The van der Waals surface area contributed by atoms with E-state index in [9.17, 15) is 8.42 Å². The van der Waals surface area contributed by atoms with Gasteiger partial charge in [0.15, 0.2) is 0 Å². The first-order valence-electron chi connectivity index (χ1n) is 6.34. The predicted molar refractivity (Wildman–Crippen MR) is 85.2 cm³/mol. The molecule has 114 valence electrons. The summed E-state index contributed by atoms with van der Waals surface area (Å²) in [5.74, 6) is 0. The fourth-order valence-corrected chi connectivity index (χ4v) is 4.32. The van der Waals surface area contributed by atoms with Crippen LogP contribution in [0.15, 0.2) is 12.3 Å². The average Bonchev–Trinajstić information content (AvgIpc) is 2.80. The van der Waals surface area contributed by atoms with Crippen LogP contribution in [0.4, 0.5) is 5.69 Å². The monoisotopic (exact) mass is 348 g/mol. The summed E-state index contributed by atoms with van der Waals surface area (Å²) < 4.78 is 28.6. The summed E-state index contributed by atoms with van der Waals surface area (Å²) in [5.41, 5.74) is 1.94. The summed E-state index contributed by atoms with van der Waals surface area (Å²) in [7, 11) is -1.79. The van der Waals surface area contributed by atoms with Crippen molar-refractivity contribution in [3.63, 3.8) is 0 Å². The molecule has 0 saturated carbocycles. The van der Waals surface area contributed by atoms with E-state index in [0.717, 1.165) is 5.56 Å². The number of nitrogens with one attached hydrogen (secondary N) is 3. The molecule has 0 spiro atoms. The first-order valence-corrected chi connectivity index (χ1v) is 8.54. The van der Waals surface area contributed by atoms with Crippen LogP contribution >= 0.6 is 23.2 Å². The number of halogens is 2. The number of anilines is 1. The van der Waals surface area contributed by atoms with Gasteiger partial charge in [0.25, 0.3) is 0 Å². The predicted octanol–water partition coefficient (Wildman–Crippen LogP) is 2.17. The fourth-order valence-electron chi connectivity index (χ4n) is 2.43. The smallest absolute Gasteiger partial charge is 0.302 e. The molecule has 9 heteroatoms. The molecule has 21 heavy (non-hydrogen) atoms. The van der Waals surface area contributed by atoms with E-state index in [-0.39, 0.29) is 6.54 Å². The SMILES string of the molecule is CNCCN1Cc2cc(Cl)c3c(Cl)c[nH]c3c2NS1(=O)=O. The minimum atomic E-state index is -3.57. The highest BCUT2D eigenvalue weighted by molar-refractivity contribution is 7.90. The number of rotatable bonds is 3. The van der Waals surface area contributed by atoms with Gasteiger partial charge < -0.3 is 10.3 Å². The molecule has 2 heterocycles. The van der Waals surface area contributed by atoms with E-state index in [1.165, 1.54) is 4.31 Å². The molecule has 3 N–H and O–H groups in total. The summed E-state index contributed by atoms with van der Waals surface area (Å²) in [6, 6.07) is 1.76. The highest BCUT2D eigenvalue weighted by Crippen LogP contribution is 2.40. The zero-order chi connectivity index (χ0) is 15.2. The Morgan fingerprint density at radius 3 is 2.86 bits per heavy atom. The van der Waals surface area contributed by atoms with Gasteiger partial charge >= 0.3 is 10.2 Å². The van der Waals surface area contributed by atoms with E-state index in [1.807, 2.05) is 0 Å². The summed E-state index contributed by atoms with van der Waals surface area (Å²) in [4.78, 5) is 2.98. The second kappa shape index (κ2) is 5.33. The third-order valence-corrected chi connectivity index (χ3v) is 5.52. The topological polar surface area (TPSA) is 77.2 Å². The van der Waals surface area contributed by atoms with Gasteiger partial charge in [-0.05, 0) is 18.7 Å². The first-order chi connectivity index (χ1) is 9.94. The third-order valence-electron chi connectivity index (χ3n) is 3.47. The lowest BCUT2D eigenvalue weighted by Crippen LogP contribution is -2.42. The van der Waals surface area contributed by atoms with Gasteiger partial charge in [0.2, 0.25) is 0 Å². The van der Waals surface area contributed by atoms with Crippen molar-refractivity contribution in [2.75, 3.05) is 24.9 Å². The number of hydrogen-bond acceptors (Lipinski definition) is 3. The molecule has 3 rings (SSSR count). The number of fused-ring (bicyclic) bond motifs is 3. The van der Waals surface area contributed by atoms with E-state index in [4.69, 9.17) is 23.2 Å². The number of aromatic nitrogens is 1. The van der Waals surface area contributed by atoms with Crippen LogP contribution in [0.25, 0.3) is 10.9 Å². The molecule has 0 unspecified atom stereocenters. The van der Waals surface area contributed by atoms with Gasteiger partial charge in [-0.15, -0.1) is 0 Å². The Hall–Kier alpha value is -0.990. The lowest BCUT2D eigenvalue weighted by atomic mass is 10.1. The lowest BCUT2D eigenvalue weighted by Gasteiger charge is -2.29. The molecule has 0 aliphatic carbocycles. The molecular formula is C12H14Cl2N4O2S. The van der Waals surface area contributed by atoms with E-state index < -0.39 is 10.2 Å². The number of hydrogen-bond donors (Lipinski definition) is 3. The molecule has 0 radical (unpaired) electrons. The first kappa shape index (κ1) is 14.9.